The zero-order chi connectivity index (χ0) is 32.6. The third-order valence-electron chi connectivity index (χ3n) is 8.95. The summed E-state index contributed by atoms with van der Waals surface area (Å²) < 4.78 is 0. The van der Waals surface area contributed by atoms with Crippen LogP contribution in [0.25, 0.3) is 0 Å². The van der Waals surface area contributed by atoms with Gasteiger partial charge in [0.1, 0.15) is 0 Å². The number of rotatable bonds is 12. The first-order valence-corrected chi connectivity index (χ1v) is 17.0. The van der Waals surface area contributed by atoms with Crippen LogP contribution >= 0.6 is 0 Å². The molecular formula is C44H45N3. The van der Waals surface area contributed by atoms with Crippen LogP contribution < -0.4 is 15.1 Å². The number of aryl methyl sites for hydroxylation is 4. The van der Waals surface area contributed by atoms with E-state index in [9.17, 15) is 0 Å². The smallest absolute Gasteiger partial charge is 0.0463 e. The topological polar surface area (TPSA) is 18.5 Å². The van der Waals surface area contributed by atoms with Gasteiger partial charge in [-0.3, -0.25) is 0 Å². The molecule has 0 saturated heterocycles. The van der Waals surface area contributed by atoms with Crippen molar-refractivity contribution in [3.8, 4) is 0 Å². The highest BCUT2D eigenvalue weighted by molar-refractivity contribution is 5.80. The summed E-state index contributed by atoms with van der Waals surface area (Å²) >= 11 is 0. The highest BCUT2D eigenvalue weighted by atomic mass is 15.1. The van der Waals surface area contributed by atoms with Crippen LogP contribution in [-0.2, 0) is 25.7 Å². The Kier molecular flexibility index (Phi) is 10.0. The molecule has 0 heterocycles. The minimum Gasteiger partial charge on any atom is -0.356 e. The van der Waals surface area contributed by atoms with Gasteiger partial charge < -0.3 is 15.1 Å². The predicted molar refractivity (Wildman–Crippen MR) is 203 cm³/mol. The molecule has 236 valence electrons. The summed E-state index contributed by atoms with van der Waals surface area (Å²) in [6.07, 6.45) is 4.12. The molecule has 0 spiro atoms. The van der Waals surface area contributed by atoms with Gasteiger partial charge in [-0.1, -0.05) is 76.2 Å². The number of hydrogen-bond acceptors (Lipinski definition) is 3. The average Bonchev–Trinajstić information content (AvgIpc) is 3.14. The first-order chi connectivity index (χ1) is 23.1. The molecule has 1 N–H and O–H groups in total. The average molecular weight is 616 g/mol. The predicted octanol–water partition coefficient (Wildman–Crippen LogP) is 12.6. The lowest BCUT2D eigenvalue weighted by Crippen LogP contribution is -2.10. The van der Waals surface area contributed by atoms with Crippen LogP contribution in [-0.4, -0.2) is 0 Å². The standard InChI is InChI=1S/C44H45N3/c1-5-33-9-21-39(22-10-33)46(40-23-11-34(6-2)12-24-40)43-29-17-37(18-30-43)45-38-19-31-44(32-20-38)47(41-25-13-35(7-3)14-26-41)42-27-15-36(8-4)16-28-42/h9-32,45H,5-8H2,1-4H3. The van der Waals surface area contributed by atoms with Gasteiger partial charge in [0.05, 0.1) is 0 Å². The Balaban J connectivity index is 1.24. The number of benzene rings is 6. The van der Waals surface area contributed by atoms with E-state index in [1.165, 1.54) is 22.3 Å². The molecule has 0 aliphatic carbocycles. The molecule has 6 aromatic carbocycles. The van der Waals surface area contributed by atoms with Crippen LogP contribution in [0.3, 0.4) is 0 Å². The van der Waals surface area contributed by atoms with Gasteiger partial charge in [0, 0.05) is 45.5 Å². The van der Waals surface area contributed by atoms with E-state index in [1.807, 2.05) is 0 Å². The Morgan fingerprint density at radius 3 is 0.681 bits per heavy atom. The van der Waals surface area contributed by atoms with Gasteiger partial charge in [0.25, 0.3) is 0 Å². The van der Waals surface area contributed by atoms with E-state index in [-0.39, 0.29) is 0 Å². The summed E-state index contributed by atoms with van der Waals surface area (Å²) in [7, 11) is 0. The fourth-order valence-electron chi connectivity index (χ4n) is 5.97. The van der Waals surface area contributed by atoms with E-state index in [2.05, 4.69) is 188 Å². The van der Waals surface area contributed by atoms with Crippen LogP contribution in [0.2, 0.25) is 0 Å². The van der Waals surface area contributed by atoms with Crippen molar-refractivity contribution in [1.29, 1.82) is 0 Å². The molecule has 0 radical (unpaired) electrons. The second-order valence-corrected chi connectivity index (χ2v) is 12.0. The Morgan fingerprint density at radius 2 is 0.489 bits per heavy atom. The van der Waals surface area contributed by atoms with Gasteiger partial charge >= 0.3 is 0 Å². The van der Waals surface area contributed by atoms with Crippen molar-refractivity contribution in [2.24, 2.45) is 0 Å². The molecule has 6 aromatic rings. The maximum absolute atomic E-state index is 3.62. The van der Waals surface area contributed by atoms with Gasteiger partial charge in [-0.2, -0.15) is 0 Å². The van der Waals surface area contributed by atoms with E-state index < -0.39 is 0 Å². The fraction of sp³-hybridized carbons (Fsp3) is 0.182. The highest BCUT2D eigenvalue weighted by Crippen LogP contribution is 2.37. The quantitative estimate of drug-likeness (QED) is 0.148. The van der Waals surface area contributed by atoms with E-state index in [0.29, 0.717) is 0 Å². The lowest BCUT2D eigenvalue weighted by molar-refractivity contribution is 1.13. The summed E-state index contributed by atoms with van der Waals surface area (Å²) in [6, 6.07) is 53.0. The van der Waals surface area contributed by atoms with Crippen molar-refractivity contribution in [2.45, 2.75) is 53.4 Å². The zero-order valence-electron chi connectivity index (χ0n) is 28.1. The van der Waals surface area contributed by atoms with E-state index in [1.54, 1.807) is 0 Å². The molecule has 47 heavy (non-hydrogen) atoms. The Hall–Kier alpha value is -5.28. The number of nitrogens with one attached hydrogen (secondary N) is 1. The maximum atomic E-state index is 3.62. The molecule has 0 aliphatic rings. The fourth-order valence-corrected chi connectivity index (χ4v) is 5.97. The molecule has 0 bridgehead atoms. The number of anilines is 8. The number of nitrogens with zero attached hydrogens (tertiary/aromatic N) is 2. The van der Waals surface area contributed by atoms with Crippen molar-refractivity contribution >= 4 is 45.5 Å². The van der Waals surface area contributed by atoms with Crippen molar-refractivity contribution < 1.29 is 0 Å². The molecule has 0 unspecified atom stereocenters. The SMILES string of the molecule is CCc1ccc(N(c2ccc(CC)cc2)c2ccc(Nc3ccc(N(c4ccc(CC)cc4)c4ccc(CC)cc4)cc3)cc2)cc1. The van der Waals surface area contributed by atoms with Crippen LogP contribution in [0, 0.1) is 0 Å². The molecule has 3 heteroatoms. The summed E-state index contributed by atoms with van der Waals surface area (Å²) in [4.78, 5) is 4.65. The third kappa shape index (κ3) is 7.42. The normalized spacial score (nSPS) is 10.9. The van der Waals surface area contributed by atoms with Crippen LogP contribution in [0.5, 0.6) is 0 Å². The summed E-state index contributed by atoms with van der Waals surface area (Å²) in [5.74, 6) is 0. The first kappa shape index (κ1) is 31.7. The molecule has 0 atom stereocenters. The van der Waals surface area contributed by atoms with Crippen LogP contribution in [0.1, 0.15) is 49.9 Å². The largest absolute Gasteiger partial charge is 0.356 e. The van der Waals surface area contributed by atoms with Crippen LogP contribution in [0.15, 0.2) is 146 Å². The van der Waals surface area contributed by atoms with Crippen LogP contribution in [0.4, 0.5) is 45.5 Å². The van der Waals surface area contributed by atoms with Gasteiger partial charge in [0.15, 0.2) is 0 Å². The second kappa shape index (κ2) is 14.9. The molecular weight excluding hydrogens is 571 g/mol. The van der Waals surface area contributed by atoms with Gasteiger partial charge in [0.2, 0.25) is 0 Å². The molecule has 0 aromatic heterocycles. The van der Waals surface area contributed by atoms with Crippen molar-refractivity contribution in [3.05, 3.63) is 168 Å². The molecule has 0 fully saturated rings. The van der Waals surface area contributed by atoms with E-state index in [4.69, 9.17) is 0 Å². The number of hydrogen-bond donors (Lipinski definition) is 1. The minimum atomic E-state index is 1.03. The maximum Gasteiger partial charge on any atom is 0.0463 e. The second-order valence-electron chi connectivity index (χ2n) is 12.0. The lowest BCUT2D eigenvalue weighted by atomic mass is 10.1. The van der Waals surface area contributed by atoms with E-state index >= 15 is 0 Å². The molecule has 0 saturated carbocycles. The van der Waals surface area contributed by atoms with Crippen molar-refractivity contribution in [2.75, 3.05) is 15.1 Å². The lowest BCUT2D eigenvalue weighted by Gasteiger charge is -2.26. The third-order valence-corrected chi connectivity index (χ3v) is 8.95. The molecule has 0 aliphatic heterocycles. The molecule has 6 rings (SSSR count). The Labute approximate surface area is 281 Å². The van der Waals surface area contributed by atoms with Gasteiger partial charge in [-0.15, -0.1) is 0 Å². The van der Waals surface area contributed by atoms with Gasteiger partial charge in [-0.05, 0) is 145 Å². The molecule has 3 nitrogen and oxygen atoms in total. The summed E-state index contributed by atoms with van der Waals surface area (Å²) in [5.41, 5.74) is 14.3. The Morgan fingerprint density at radius 1 is 0.298 bits per heavy atom. The Bertz CT molecular complexity index is 1600. The van der Waals surface area contributed by atoms with E-state index in [0.717, 1.165) is 71.2 Å². The zero-order valence-corrected chi connectivity index (χ0v) is 28.1. The molecule has 0 amide bonds. The highest BCUT2D eigenvalue weighted by Gasteiger charge is 2.14. The minimum absolute atomic E-state index is 1.03. The monoisotopic (exact) mass is 615 g/mol. The summed E-state index contributed by atoms with van der Waals surface area (Å²) in [6.45, 7) is 8.78. The summed E-state index contributed by atoms with van der Waals surface area (Å²) in [5, 5.41) is 3.62. The first-order valence-electron chi connectivity index (χ1n) is 17.0. The van der Waals surface area contributed by atoms with Crippen molar-refractivity contribution in [3.63, 3.8) is 0 Å². The van der Waals surface area contributed by atoms with Crippen molar-refractivity contribution in [1.82, 2.24) is 0 Å². The van der Waals surface area contributed by atoms with Gasteiger partial charge in [-0.25, -0.2) is 0 Å².